The molecule has 2 N–H and O–H groups in total. The maximum absolute atomic E-state index is 12.1. The molecular weight excluding hydrogens is 304 g/mol. The number of thiocarbonyl (C=S) groups is 1. The number of aryl methyl sites for hydroxylation is 1. The van der Waals surface area contributed by atoms with Crippen LogP contribution in [-0.2, 0) is 6.54 Å². The van der Waals surface area contributed by atoms with Crippen molar-refractivity contribution < 1.29 is 9.21 Å². The van der Waals surface area contributed by atoms with Crippen LogP contribution in [0.25, 0.3) is 11.0 Å². The van der Waals surface area contributed by atoms with Crippen molar-refractivity contribution in [2.45, 2.75) is 13.5 Å². The molecule has 0 spiro atoms. The predicted octanol–water partition coefficient (Wildman–Crippen LogP) is 1.57. The van der Waals surface area contributed by atoms with Crippen LogP contribution in [0.4, 0.5) is 5.95 Å². The third kappa shape index (κ3) is 2.93. The van der Waals surface area contributed by atoms with Gasteiger partial charge in [-0.3, -0.25) is 15.4 Å². The number of rotatable bonds is 3. The van der Waals surface area contributed by atoms with Gasteiger partial charge in [-0.15, -0.1) is 5.10 Å². The number of nitrogens with zero attached hydrogens (tertiary/aromatic N) is 4. The number of nitrogens with one attached hydrogen (secondary N) is 2. The van der Waals surface area contributed by atoms with Crippen LogP contribution in [0.2, 0.25) is 0 Å². The highest BCUT2D eigenvalue weighted by atomic mass is 32.1. The highest BCUT2D eigenvalue weighted by Gasteiger charge is 2.14. The van der Waals surface area contributed by atoms with Gasteiger partial charge in [-0.1, -0.05) is 23.3 Å². The monoisotopic (exact) mass is 316 g/mol. The van der Waals surface area contributed by atoms with E-state index >= 15 is 0 Å². The van der Waals surface area contributed by atoms with E-state index in [-0.39, 0.29) is 16.8 Å². The minimum atomic E-state index is -0.448. The smallest absolute Gasteiger partial charge is 0.293 e. The van der Waals surface area contributed by atoms with Gasteiger partial charge < -0.3 is 4.42 Å². The first-order valence-corrected chi connectivity index (χ1v) is 6.95. The Kier molecular flexibility index (Phi) is 3.79. The lowest BCUT2D eigenvalue weighted by Crippen LogP contribution is -2.34. The van der Waals surface area contributed by atoms with Crippen LogP contribution >= 0.6 is 12.2 Å². The average Bonchev–Trinajstić information content (AvgIpc) is 3.12. The lowest BCUT2D eigenvalue weighted by atomic mass is 10.2. The van der Waals surface area contributed by atoms with Gasteiger partial charge in [0.25, 0.3) is 11.9 Å². The summed E-state index contributed by atoms with van der Waals surface area (Å²) in [6.45, 7) is 2.47. The summed E-state index contributed by atoms with van der Waals surface area (Å²) in [5.74, 6) is -0.0520. The molecular formula is C13H12N6O2S. The third-order valence-electron chi connectivity index (χ3n) is 2.84. The van der Waals surface area contributed by atoms with E-state index in [9.17, 15) is 4.79 Å². The number of fused-ring (bicyclic) bond motifs is 1. The molecule has 9 heteroatoms. The first kappa shape index (κ1) is 14.1. The van der Waals surface area contributed by atoms with Gasteiger partial charge in [0.1, 0.15) is 5.58 Å². The molecule has 0 aliphatic heterocycles. The Balaban J connectivity index is 1.66. The van der Waals surface area contributed by atoms with Gasteiger partial charge in [0.15, 0.2) is 10.9 Å². The summed E-state index contributed by atoms with van der Waals surface area (Å²) in [6.07, 6.45) is 0. The zero-order chi connectivity index (χ0) is 15.5. The standard InChI is InChI=1S/C13H12N6O2S/c1-2-19-17-12(16-18-19)15-13(22)14-11(20)10-7-8-5-3-4-6-9(8)21-10/h3-7H,2H2,1H3,(H2,14,15,17,20,22). The van der Waals surface area contributed by atoms with Gasteiger partial charge in [-0.05, 0) is 36.5 Å². The van der Waals surface area contributed by atoms with E-state index < -0.39 is 5.91 Å². The predicted molar refractivity (Wildman–Crippen MR) is 83.4 cm³/mol. The number of benzene rings is 1. The van der Waals surface area contributed by atoms with Crippen LogP contribution in [0.1, 0.15) is 17.5 Å². The van der Waals surface area contributed by atoms with E-state index in [2.05, 4.69) is 26.0 Å². The molecule has 0 saturated carbocycles. The van der Waals surface area contributed by atoms with Crippen LogP contribution in [0, 0.1) is 0 Å². The lowest BCUT2D eigenvalue weighted by molar-refractivity contribution is 0.0953. The van der Waals surface area contributed by atoms with E-state index in [4.69, 9.17) is 16.6 Å². The number of carbonyl (C=O) groups excluding carboxylic acids is 1. The summed E-state index contributed by atoms with van der Waals surface area (Å²) < 4.78 is 5.46. The van der Waals surface area contributed by atoms with Crippen LogP contribution < -0.4 is 10.6 Å². The second-order valence-electron chi connectivity index (χ2n) is 4.36. The van der Waals surface area contributed by atoms with E-state index in [1.54, 1.807) is 12.1 Å². The number of tetrazole rings is 1. The van der Waals surface area contributed by atoms with Crippen LogP contribution in [0.15, 0.2) is 34.7 Å². The first-order chi connectivity index (χ1) is 10.7. The lowest BCUT2D eigenvalue weighted by Gasteiger charge is -2.04. The molecule has 112 valence electrons. The molecule has 0 atom stereocenters. The minimum Gasteiger partial charge on any atom is -0.451 e. The number of aromatic nitrogens is 4. The normalized spacial score (nSPS) is 10.6. The topological polar surface area (TPSA) is 97.9 Å². The summed E-state index contributed by atoms with van der Waals surface area (Å²) in [6, 6.07) is 9.00. The van der Waals surface area contributed by atoms with Crippen molar-refractivity contribution in [1.29, 1.82) is 0 Å². The number of carbonyl (C=O) groups is 1. The number of para-hydroxylation sites is 1. The van der Waals surface area contributed by atoms with Crippen LogP contribution in [-0.4, -0.2) is 31.2 Å². The number of furan rings is 1. The summed E-state index contributed by atoms with van der Waals surface area (Å²) in [5, 5.41) is 17.6. The molecule has 0 aliphatic carbocycles. The van der Waals surface area contributed by atoms with Crippen molar-refractivity contribution in [3.05, 3.63) is 36.1 Å². The molecule has 1 aromatic carbocycles. The van der Waals surface area contributed by atoms with Crippen molar-refractivity contribution in [3.63, 3.8) is 0 Å². The minimum absolute atomic E-state index is 0.0705. The second kappa shape index (κ2) is 5.90. The van der Waals surface area contributed by atoms with Gasteiger partial charge >= 0.3 is 0 Å². The molecule has 3 rings (SSSR count). The molecule has 0 unspecified atom stereocenters. The Morgan fingerprint density at radius 1 is 1.41 bits per heavy atom. The van der Waals surface area contributed by atoms with Crippen molar-refractivity contribution in [3.8, 4) is 0 Å². The fraction of sp³-hybridized carbons (Fsp3) is 0.154. The fourth-order valence-corrected chi connectivity index (χ4v) is 2.00. The van der Waals surface area contributed by atoms with Gasteiger partial charge in [-0.2, -0.15) is 4.80 Å². The van der Waals surface area contributed by atoms with E-state index in [0.29, 0.717) is 12.1 Å². The van der Waals surface area contributed by atoms with Gasteiger partial charge in [0, 0.05) is 5.39 Å². The molecule has 1 amide bonds. The fourth-order valence-electron chi connectivity index (χ4n) is 1.82. The third-order valence-corrected chi connectivity index (χ3v) is 3.04. The maximum Gasteiger partial charge on any atom is 0.293 e. The van der Waals surface area contributed by atoms with Crippen molar-refractivity contribution >= 4 is 40.2 Å². The molecule has 0 saturated heterocycles. The van der Waals surface area contributed by atoms with E-state index in [1.807, 2.05) is 25.1 Å². The second-order valence-corrected chi connectivity index (χ2v) is 4.77. The van der Waals surface area contributed by atoms with Crippen molar-refractivity contribution in [2.24, 2.45) is 0 Å². The Labute approximate surface area is 130 Å². The molecule has 2 heterocycles. The highest BCUT2D eigenvalue weighted by molar-refractivity contribution is 7.80. The van der Waals surface area contributed by atoms with Crippen molar-refractivity contribution in [1.82, 2.24) is 25.5 Å². The van der Waals surface area contributed by atoms with Crippen molar-refractivity contribution in [2.75, 3.05) is 5.32 Å². The number of hydrogen-bond acceptors (Lipinski definition) is 6. The summed E-state index contributed by atoms with van der Waals surface area (Å²) in [7, 11) is 0. The Morgan fingerprint density at radius 2 is 2.23 bits per heavy atom. The van der Waals surface area contributed by atoms with Gasteiger partial charge in [0.05, 0.1) is 6.54 Å². The van der Waals surface area contributed by atoms with E-state index in [0.717, 1.165) is 5.39 Å². The zero-order valence-corrected chi connectivity index (χ0v) is 12.4. The summed E-state index contributed by atoms with van der Waals surface area (Å²) in [4.78, 5) is 13.5. The first-order valence-electron chi connectivity index (χ1n) is 6.54. The quantitative estimate of drug-likeness (QED) is 0.708. The molecule has 0 radical (unpaired) electrons. The van der Waals surface area contributed by atoms with Gasteiger partial charge in [-0.25, -0.2) is 0 Å². The largest absolute Gasteiger partial charge is 0.451 e. The van der Waals surface area contributed by atoms with E-state index in [1.165, 1.54) is 4.80 Å². The number of amides is 1. The molecule has 0 aliphatic rings. The molecule has 0 bridgehead atoms. The maximum atomic E-state index is 12.1. The Bertz CT molecular complexity index is 807. The summed E-state index contributed by atoms with van der Waals surface area (Å²) in [5.41, 5.74) is 0.638. The molecule has 8 nitrogen and oxygen atoms in total. The van der Waals surface area contributed by atoms with Gasteiger partial charge in [0.2, 0.25) is 0 Å². The SMILES string of the molecule is CCn1nnc(NC(=S)NC(=O)c2cc3ccccc3o2)n1. The van der Waals surface area contributed by atoms with Crippen LogP contribution in [0.5, 0.6) is 0 Å². The molecule has 2 aromatic heterocycles. The highest BCUT2D eigenvalue weighted by Crippen LogP contribution is 2.18. The molecule has 3 aromatic rings. The Morgan fingerprint density at radius 3 is 2.95 bits per heavy atom. The average molecular weight is 316 g/mol. The number of anilines is 1. The molecule has 22 heavy (non-hydrogen) atoms. The summed E-state index contributed by atoms with van der Waals surface area (Å²) >= 11 is 5.04. The Hall–Kier alpha value is -2.81. The zero-order valence-electron chi connectivity index (χ0n) is 11.6. The number of hydrogen-bond donors (Lipinski definition) is 2. The molecule has 0 fully saturated rings. The van der Waals surface area contributed by atoms with Crippen LogP contribution in [0.3, 0.4) is 0 Å².